The highest BCUT2D eigenvalue weighted by atomic mass is 16.5. The lowest BCUT2D eigenvalue weighted by Crippen LogP contribution is -2.07. The van der Waals surface area contributed by atoms with Gasteiger partial charge in [-0.15, -0.1) is 0 Å². The van der Waals surface area contributed by atoms with Crippen molar-refractivity contribution in [3.63, 3.8) is 0 Å². The van der Waals surface area contributed by atoms with E-state index in [1.165, 1.54) is 0 Å². The summed E-state index contributed by atoms with van der Waals surface area (Å²) in [5.41, 5.74) is 7.98. The number of aryl methyl sites for hydroxylation is 3. The topological polar surface area (TPSA) is 104 Å². The van der Waals surface area contributed by atoms with Gasteiger partial charge in [-0.2, -0.15) is 10.4 Å². The number of hydrogen-bond acceptors (Lipinski definition) is 5. The van der Waals surface area contributed by atoms with Gasteiger partial charge in [-0.05, 0) is 74.9 Å². The van der Waals surface area contributed by atoms with Gasteiger partial charge in [-0.3, -0.25) is 4.79 Å². The Labute approximate surface area is 192 Å². The second kappa shape index (κ2) is 9.29. The average Bonchev–Trinajstić information content (AvgIpc) is 3.37. The first-order chi connectivity index (χ1) is 15.9. The molecule has 4 rings (SSSR count). The molecule has 0 bridgehead atoms. The van der Waals surface area contributed by atoms with E-state index in [4.69, 9.17) is 14.7 Å². The zero-order valence-electron chi connectivity index (χ0n) is 19.1. The highest BCUT2D eigenvalue weighted by Crippen LogP contribution is 2.38. The lowest BCUT2D eigenvalue weighted by atomic mass is 9.91. The van der Waals surface area contributed by atoms with Crippen LogP contribution in [0.25, 0.3) is 27.9 Å². The van der Waals surface area contributed by atoms with Crippen molar-refractivity contribution in [2.75, 3.05) is 0 Å². The molecule has 168 valence electrons. The van der Waals surface area contributed by atoms with Gasteiger partial charge in [-0.25, -0.2) is 4.52 Å². The number of rotatable bonds is 8. The molecule has 0 unspecified atom stereocenters. The molecular formula is C26H26N4O3. The molecule has 0 aliphatic heterocycles. The number of nitriles is 1. The smallest absolute Gasteiger partial charge is 0.303 e. The fourth-order valence-corrected chi connectivity index (χ4v) is 4.39. The highest BCUT2D eigenvalue weighted by Gasteiger charge is 2.24. The molecule has 0 spiro atoms. The maximum absolute atomic E-state index is 11.1. The van der Waals surface area contributed by atoms with Crippen LogP contribution in [0.4, 0.5) is 0 Å². The molecule has 4 aromatic rings. The first kappa shape index (κ1) is 22.3. The maximum Gasteiger partial charge on any atom is 0.303 e. The summed E-state index contributed by atoms with van der Waals surface area (Å²) in [5, 5.41) is 27.8. The minimum absolute atomic E-state index is 0.126. The van der Waals surface area contributed by atoms with Crippen molar-refractivity contribution in [3.05, 3.63) is 64.7 Å². The summed E-state index contributed by atoms with van der Waals surface area (Å²) < 4.78 is 7.44. The number of carboxylic acids is 1. The van der Waals surface area contributed by atoms with Crippen LogP contribution in [0.1, 0.15) is 54.5 Å². The number of hydrogen-bond donors (Lipinski definition) is 1. The number of unbranched alkanes of at least 4 members (excludes halogenated alkanes) is 1. The second-order valence-electron chi connectivity index (χ2n) is 8.17. The Morgan fingerprint density at radius 3 is 2.67 bits per heavy atom. The predicted octanol–water partition coefficient (Wildman–Crippen LogP) is 5.50. The maximum atomic E-state index is 11.1. The number of aliphatic carboxylic acids is 1. The third-order valence-corrected chi connectivity index (χ3v) is 5.96. The summed E-state index contributed by atoms with van der Waals surface area (Å²) in [6, 6.07) is 14.0. The van der Waals surface area contributed by atoms with Crippen molar-refractivity contribution in [2.24, 2.45) is 0 Å². The average molecular weight is 443 g/mol. The fraction of sp³-hybridized carbons (Fsp3) is 0.308. The van der Waals surface area contributed by atoms with Crippen LogP contribution in [0.5, 0.6) is 0 Å². The Hall–Kier alpha value is -3.92. The van der Waals surface area contributed by atoms with Crippen molar-refractivity contribution in [3.8, 4) is 28.5 Å². The van der Waals surface area contributed by atoms with Crippen LogP contribution in [-0.4, -0.2) is 25.8 Å². The Kier molecular flexibility index (Phi) is 6.27. The molecule has 0 aliphatic rings. The van der Waals surface area contributed by atoms with Crippen molar-refractivity contribution in [1.29, 1.82) is 5.26 Å². The third-order valence-electron chi connectivity index (χ3n) is 5.96. The van der Waals surface area contributed by atoms with Gasteiger partial charge in [0.25, 0.3) is 0 Å². The van der Waals surface area contributed by atoms with Crippen molar-refractivity contribution in [1.82, 2.24) is 14.8 Å². The van der Waals surface area contributed by atoms with Gasteiger partial charge in [0.05, 0.1) is 28.4 Å². The van der Waals surface area contributed by atoms with E-state index in [-0.39, 0.29) is 6.42 Å². The summed E-state index contributed by atoms with van der Waals surface area (Å²) in [7, 11) is 0. The number of fused-ring (bicyclic) bond motifs is 1. The van der Waals surface area contributed by atoms with E-state index in [1.54, 1.807) is 6.07 Å². The van der Waals surface area contributed by atoms with Crippen LogP contribution >= 0.6 is 0 Å². The first-order valence-corrected chi connectivity index (χ1v) is 11.1. The molecule has 0 fully saturated rings. The fourth-order valence-electron chi connectivity index (χ4n) is 4.39. The van der Waals surface area contributed by atoms with Gasteiger partial charge in [0.1, 0.15) is 11.5 Å². The first-order valence-electron chi connectivity index (χ1n) is 11.1. The van der Waals surface area contributed by atoms with Crippen LogP contribution in [-0.2, 0) is 17.6 Å². The minimum atomic E-state index is -0.796. The molecule has 7 nitrogen and oxygen atoms in total. The summed E-state index contributed by atoms with van der Waals surface area (Å²) in [6.45, 7) is 5.87. The molecule has 0 radical (unpaired) electrons. The van der Waals surface area contributed by atoms with Crippen LogP contribution in [0.3, 0.4) is 0 Å². The van der Waals surface area contributed by atoms with Crippen molar-refractivity contribution < 1.29 is 14.4 Å². The predicted molar refractivity (Wildman–Crippen MR) is 125 cm³/mol. The van der Waals surface area contributed by atoms with Crippen LogP contribution in [0.2, 0.25) is 0 Å². The van der Waals surface area contributed by atoms with Crippen LogP contribution in [0.15, 0.2) is 40.9 Å². The van der Waals surface area contributed by atoms with Crippen molar-refractivity contribution in [2.45, 2.75) is 52.9 Å². The summed E-state index contributed by atoms with van der Waals surface area (Å²) >= 11 is 0. The van der Waals surface area contributed by atoms with E-state index < -0.39 is 5.97 Å². The standard InChI is InChI=1S/C26H26N4O3/c1-4-20-12-13-22-25(19-9-7-8-18(14-19)15-27)21(10-5-6-11-23(31)32)26(28-30(20)22)24-16(2)29-33-17(24)3/h7-9,12-14H,4-6,10-11H2,1-3H3,(H,31,32). The van der Waals surface area contributed by atoms with E-state index in [2.05, 4.69) is 30.3 Å². The molecule has 3 heterocycles. The third kappa shape index (κ3) is 4.24. The van der Waals surface area contributed by atoms with Crippen LogP contribution in [0, 0.1) is 25.2 Å². The van der Waals surface area contributed by atoms with E-state index >= 15 is 0 Å². The molecule has 33 heavy (non-hydrogen) atoms. The summed E-state index contributed by atoms with van der Waals surface area (Å²) in [6.07, 6.45) is 2.86. The summed E-state index contributed by atoms with van der Waals surface area (Å²) in [4.78, 5) is 11.1. The zero-order valence-corrected chi connectivity index (χ0v) is 19.1. The second-order valence-corrected chi connectivity index (χ2v) is 8.17. The van der Waals surface area contributed by atoms with Gasteiger partial charge < -0.3 is 9.63 Å². The molecule has 0 amide bonds. The lowest BCUT2D eigenvalue weighted by molar-refractivity contribution is -0.137. The molecule has 3 aromatic heterocycles. The zero-order chi connectivity index (χ0) is 23.5. The van der Waals surface area contributed by atoms with Crippen molar-refractivity contribution >= 4 is 11.5 Å². The van der Waals surface area contributed by atoms with Gasteiger partial charge in [0.2, 0.25) is 0 Å². The van der Waals surface area contributed by atoms with E-state index in [0.29, 0.717) is 30.6 Å². The van der Waals surface area contributed by atoms with Gasteiger partial charge >= 0.3 is 5.97 Å². The molecule has 7 heteroatoms. The normalized spacial score (nSPS) is 11.1. The van der Waals surface area contributed by atoms with E-state index in [1.807, 2.05) is 36.6 Å². The largest absolute Gasteiger partial charge is 0.481 e. The van der Waals surface area contributed by atoms with Gasteiger partial charge in [0, 0.05) is 17.7 Å². The Balaban J connectivity index is 2.02. The molecule has 0 aliphatic carbocycles. The van der Waals surface area contributed by atoms with Gasteiger partial charge in [-0.1, -0.05) is 24.2 Å². The summed E-state index contributed by atoms with van der Waals surface area (Å²) in [5.74, 6) is -0.108. The lowest BCUT2D eigenvalue weighted by Gasteiger charge is -2.18. The highest BCUT2D eigenvalue weighted by molar-refractivity contribution is 5.88. The number of carboxylic acid groups (broad SMARTS) is 1. The Morgan fingerprint density at radius 2 is 2.00 bits per heavy atom. The number of carbonyl (C=O) groups is 1. The SMILES string of the molecule is CCc1ccc2c(-c3cccc(C#N)c3)c(CCCCC(=O)O)c(-c3c(C)noc3C)nn12. The van der Waals surface area contributed by atoms with E-state index in [9.17, 15) is 10.1 Å². The number of nitrogens with zero attached hydrogens (tertiary/aromatic N) is 4. The molecule has 1 aromatic carbocycles. The number of benzene rings is 1. The minimum Gasteiger partial charge on any atom is -0.481 e. The molecule has 0 saturated carbocycles. The molecule has 1 N–H and O–H groups in total. The van der Waals surface area contributed by atoms with Gasteiger partial charge in [0.15, 0.2) is 0 Å². The molecule has 0 atom stereocenters. The quantitative estimate of drug-likeness (QED) is 0.361. The van der Waals surface area contributed by atoms with Crippen LogP contribution < -0.4 is 0 Å². The monoisotopic (exact) mass is 442 g/mol. The van der Waals surface area contributed by atoms with E-state index in [0.717, 1.165) is 51.3 Å². The molecule has 0 saturated heterocycles. The Morgan fingerprint density at radius 1 is 1.18 bits per heavy atom. The Bertz CT molecular complexity index is 1350. The molecular weight excluding hydrogens is 416 g/mol. The number of aromatic nitrogens is 3.